The van der Waals surface area contributed by atoms with Gasteiger partial charge in [0.1, 0.15) is 12.4 Å². The number of esters is 1. The molecule has 0 aliphatic carbocycles. The zero-order valence-corrected chi connectivity index (χ0v) is 12.8. The maximum atomic E-state index is 11.8. The predicted octanol–water partition coefficient (Wildman–Crippen LogP) is 2.18. The molecule has 1 aliphatic heterocycles. The summed E-state index contributed by atoms with van der Waals surface area (Å²) >= 11 is 1.95. The topological polar surface area (TPSA) is 38.8 Å². The van der Waals surface area contributed by atoms with Crippen LogP contribution in [0.4, 0.5) is 0 Å². The molecule has 0 N–H and O–H groups in total. The Hall–Kier alpha value is -1.20. The molecule has 20 heavy (non-hydrogen) atoms. The number of rotatable bonds is 6. The summed E-state index contributed by atoms with van der Waals surface area (Å²) in [6.45, 7) is 0.678. The lowest BCUT2D eigenvalue weighted by molar-refractivity contribution is -0.146. The van der Waals surface area contributed by atoms with E-state index in [2.05, 4.69) is 4.90 Å². The summed E-state index contributed by atoms with van der Waals surface area (Å²) in [7, 11) is 3.62. The molecule has 0 spiro atoms. The number of carbonyl (C=O) groups excluding carboxylic acids is 1. The molecule has 0 saturated carbocycles. The third kappa shape index (κ3) is 4.42. The van der Waals surface area contributed by atoms with Crippen LogP contribution in [0.2, 0.25) is 0 Å². The van der Waals surface area contributed by atoms with Gasteiger partial charge in [-0.15, -0.1) is 0 Å². The van der Waals surface area contributed by atoms with Crippen molar-refractivity contribution in [1.29, 1.82) is 0 Å². The maximum absolute atomic E-state index is 11.8. The normalized spacial score (nSPS) is 18.2. The van der Waals surface area contributed by atoms with E-state index in [1.54, 1.807) is 7.11 Å². The Labute approximate surface area is 124 Å². The minimum Gasteiger partial charge on any atom is -0.497 e. The van der Waals surface area contributed by atoms with Crippen molar-refractivity contribution >= 4 is 17.7 Å². The smallest absolute Gasteiger partial charge is 0.320 e. The van der Waals surface area contributed by atoms with Crippen molar-refractivity contribution in [2.24, 2.45) is 0 Å². The molecule has 2 rings (SSSR count). The molecule has 1 fully saturated rings. The standard InChI is InChI=1S/C15H21NO3S/c1-16(13-7-8-20-11-13)9-15(17)19-10-12-3-5-14(18-2)6-4-12/h3-6,13H,7-11H2,1-2H3/t13-/m1/s1. The molecule has 110 valence electrons. The zero-order chi connectivity index (χ0) is 14.4. The highest BCUT2D eigenvalue weighted by atomic mass is 32.2. The summed E-state index contributed by atoms with van der Waals surface area (Å²) in [5, 5.41) is 0. The fourth-order valence-corrected chi connectivity index (χ4v) is 3.43. The molecule has 0 radical (unpaired) electrons. The molecular weight excluding hydrogens is 274 g/mol. The summed E-state index contributed by atoms with van der Waals surface area (Å²) in [4.78, 5) is 13.9. The van der Waals surface area contributed by atoms with Crippen LogP contribution in [0.15, 0.2) is 24.3 Å². The number of hydrogen-bond acceptors (Lipinski definition) is 5. The van der Waals surface area contributed by atoms with Crippen molar-refractivity contribution < 1.29 is 14.3 Å². The van der Waals surface area contributed by atoms with Crippen molar-refractivity contribution in [1.82, 2.24) is 4.90 Å². The SMILES string of the molecule is COc1ccc(COC(=O)CN(C)[C@@H]2CCSC2)cc1. The first-order valence-corrected chi connectivity index (χ1v) is 7.91. The number of methoxy groups -OCH3 is 1. The molecular formula is C15H21NO3S. The highest BCUT2D eigenvalue weighted by Gasteiger charge is 2.22. The summed E-state index contributed by atoms with van der Waals surface area (Å²) in [5.74, 6) is 2.94. The average molecular weight is 295 g/mol. The van der Waals surface area contributed by atoms with Crippen molar-refractivity contribution in [2.75, 3.05) is 32.2 Å². The molecule has 0 aromatic heterocycles. The van der Waals surface area contributed by atoms with Gasteiger partial charge in [-0.25, -0.2) is 0 Å². The first-order valence-electron chi connectivity index (χ1n) is 6.75. The van der Waals surface area contributed by atoms with E-state index >= 15 is 0 Å². The summed E-state index contributed by atoms with van der Waals surface area (Å²) in [6.07, 6.45) is 1.16. The van der Waals surface area contributed by atoms with Gasteiger partial charge in [0.05, 0.1) is 13.7 Å². The Morgan fingerprint density at radius 3 is 2.75 bits per heavy atom. The second kappa shape index (κ2) is 7.55. The van der Waals surface area contributed by atoms with E-state index < -0.39 is 0 Å². The van der Waals surface area contributed by atoms with Crippen LogP contribution in [-0.4, -0.2) is 49.1 Å². The molecule has 1 aromatic carbocycles. The molecule has 0 amide bonds. The predicted molar refractivity (Wildman–Crippen MR) is 81.2 cm³/mol. The number of nitrogens with zero attached hydrogens (tertiary/aromatic N) is 1. The lowest BCUT2D eigenvalue weighted by Gasteiger charge is -2.22. The second-order valence-electron chi connectivity index (χ2n) is 4.94. The van der Waals surface area contributed by atoms with Crippen molar-refractivity contribution in [2.45, 2.75) is 19.1 Å². The van der Waals surface area contributed by atoms with E-state index in [1.807, 2.05) is 43.1 Å². The number of hydrogen-bond donors (Lipinski definition) is 0. The van der Waals surface area contributed by atoms with Gasteiger partial charge in [0, 0.05) is 11.8 Å². The zero-order valence-electron chi connectivity index (χ0n) is 12.0. The van der Waals surface area contributed by atoms with Crippen molar-refractivity contribution in [3.8, 4) is 5.75 Å². The van der Waals surface area contributed by atoms with Crippen LogP contribution in [-0.2, 0) is 16.1 Å². The number of ether oxygens (including phenoxy) is 2. The van der Waals surface area contributed by atoms with Crippen LogP contribution >= 0.6 is 11.8 Å². The lowest BCUT2D eigenvalue weighted by atomic mass is 10.2. The maximum Gasteiger partial charge on any atom is 0.320 e. The number of carbonyl (C=O) groups is 1. The molecule has 1 atom stereocenters. The van der Waals surface area contributed by atoms with Crippen LogP contribution in [0.5, 0.6) is 5.75 Å². The third-order valence-electron chi connectivity index (χ3n) is 3.47. The number of likely N-dealkylation sites (N-methyl/N-ethyl adjacent to an activating group) is 1. The Bertz CT molecular complexity index is 429. The van der Waals surface area contributed by atoms with Gasteiger partial charge in [0.2, 0.25) is 0 Å². The highest BCUT2D eigenvalue weighted by Crippen LogP contribution is 2.21. The minimum absolute atomic E-state index is 0.166. The van der Waals surface area contributed by atoms with Crippen LogP contribution < -0.4 is 4.74 Å². The number of benzene rings is 1. The first kappa shape index (κ1) is 15.2. The summed E-state index contributed by atoms with van der Waals surface area (Å²) in [6, 6.07) is 8.05. The van der Waals surface area contributed by atoms with Crippen molar-refractivity contribution in [3.63, 3.8) is 0 Å². The third-order valence-corrected chi connectivity index (χ3v) is 4.61. The summed E-state index contributed by atoms with van der Waals surface area (Å²) < 4.78 is 10.4. The van der Waals surface area contributed by atoms with E-state index in [4.69, 9.17) is 9.47 Å². The largest absolute Gasteiger partial charge is 0.497 e. The molecule has 1 aliphatic rings. The van der Waals surface area contributed by atoms with E-state index in [9.17, 15) is 4.79 Å². The Morgan fingerprint density at radius 1 is 1.40 bits per heavy atom. The molecule has 5 heteroatoms. The average Bonchev–Trinajstić information content (AvgIpc) is 3.00. The quantitative estimate of drug-likeness (QED) is 0.752. The van der Waals surface area contributed by atoms with Gasteiger partial charge in [0.25, 0.3) is 0 Å². The lowest BCUT2D eigenvalue weighted by Crippen LogP contribution is -2.36. The highest BCUT2D eigenvalue weighted by molar-refractivity contribution is 7.99. The van der Waals surface area contributed by atoms with Gasteiger partial charge < -0.3 is 9.47 Å². The van der Waals surface area contributed by atoms with Gasteiger partial charge in [-0.05, 0) is 36.9 Å². The fourth-order valence-electron chi connectivity index (χ4n) is 2.13. The van der Waals surface area contributed by atoms with Crippen LogP contribution in [0.3, 0.4) is 0 Å². The van der Waals surface area contributed by atoms with Gasteiger partial charge >= 0.3 is 5.97 Å². The van der Waals surface area contributed by atoms with Gasteiger partial charge in [-0.2, -0.15) is 11.8 Å². The molecule has 0 bridgehead atoms. The molecule has 1 saturated heterocycles. The Balaban J connectivity index is 1.73. The Morgan fingerprint density at radius 2 is 2.15 bits per heavy atom. The molecule has 4 nitrogen and oxygen atoms in total. The van der Waals surface area contributed by atoms with E-state index in [0.717, 1.165) is 23.5 Å². The molecule has 1 heterocycles. The molecule has 0 unspecified atom stereocenters. The second-order valence-corrected chi connectivity index (χ2v) is 6.09. The van der Waals surface area contributed by atoms with Gasteiger partial charge in [-0.3, -0.25) is 9.69 Å². The fraction of sp³-hybridized carbons (Fsp3) is 0.533. The van der Waals surface area contributed by atoms with Crippen LogP contribution in [0.1, 0.15) is 12.0 Å². The van der Waals surface area contributed by atoms with Gasteiger partial charge in [0.15, 0.2) is 0 Å². The van der Waals surface area contributed by atoms with E-state index in [0.29, 0.717) is 19.2 Å². The Kier molecular flexibility index (Phi) is 5.73. The van der Waals surface area contributed by atoms with Crippen LogP contribution in [0, 0.1) is 0 Å². The van der Waals surface area contributed by atoms with Crippen molar-refractivity contribution in [3.05, 3.63) is 29.8 Å². The minimum atomic E-state index is -0.166. The monoisotopic (exact) mass is 295 g/mol. The van der Waals surface area contributed by atoms with Crippen LogP contribution in [0.25, 0.3) is 0 Å². The number of thioether (sulfide) groups is 1. The summed E-state index contributed by atoms with van der Waals surface area (Å²) in [5.41, 5.74) is 0.971. The van der Waals surface area contributed by atoms with E-state index in [-0.39, 0.29) is 5.97 Å². The van der Waals surface area contributed by atoms with E-state index in [1.165, 1.54) is 5.75 Å². The molecule has 1 aromatic rings. The van der Waals surface area contributed by atoms with Gasteiger partial charge in [-0.1, -0.05) is 12.1 Å². The first-order chi connectivity index (χ1) is 9.69.